The number of carbonyl (C=O) groups is 2. The van der Waals surface area contributed by atoms with E-state index in [0.717, 1.165) is 5.57 Å². The highest BCUT2D eigenvalue weighted by atomic mass is 16.8. The van der Waals surface area contributed by atoms with Gasteiger partial charge in [-0.1, -0.05) is 30.7 Å². The van der Waals surface area contributed by atoms with Crippen LogP contribution in [-0.2, 0) is 66.4 Å². The number of hydrogen-bond donors (Lipinski definition) is 6. The predicted molar refractivity (Wildman–Crippen MR) is 269 cm³/mol. The number of aliphatic hydroxyl groups excluding tert-OH is 2. The summed E-state index contributed by atoms with van der Waals surface area (Å²) in [7, 11) is 6.21. The number of phenolic OH excluding ortho intramolecular Hbond substituents is 1. The van der Waals surface area contributed by atoms with Crippen LogP contribution in [0.4, 0.5) is 0 Å². The van der Waals surface area contributed by atoms with Crippen molar-refractivity contribution in [3.05, 3.63) is 41.5 Å². The summed E-state index contributed by atoms with van der Waals surface area (Å²) in [4.78, 5) is 27.1. The first kappa shape index (κ1) is 58.9. The lowest BCUT2D eigenvalue weighted by Gasteiger charge is -2.67. The van der Waals surface area contributed by atoms with E-state index in [1.165, 1.54) is 33.1 Å². The molecule has 4 aliphatic carbocycles. The normalized spacial score (nSPS) is 49.0. The van der Waals surface area contributed by atoms with Crippen LogP contribution in [0.2, 0.25) is 0 Å². The van der Waals surface area contributed by atoms with Gasteiger partial charge in [-0.3, -0.25) is 4.79 Å². The summed E-state index contributed by atoms with van der Waals surface area (Å²) >= 11 is 0. The van der Waals surface area contributed by atoms with Crippen LogP contribution in [0, 0.1) is 16.7 Å². The number of esters is 1. The minimum absolute atomic E-state index is 0.0410. The third-order valence-electron chi connectivity index (χ3n) is 19.6. The monoisotopic (exact) mass is 1090 g/mol. The molecule has 4 heterocycles. The number of para-hydroxylation sites is 1. The average Bonchev–Trinajstić information content (AvgIpc) is 3.94. The summed E-state index contributed by atoms with van der Waals surface area (Å²) in [5.74, 6) is -2.41. The van der Waals surface area contributed by atoms with Crippen LogP contribution >= 0.6 is 0 Å². The summed E-state index contributed by atoms with van der Waals surface area (Å²) in [5.41, 5.74) is -7.50. The Morgan fingerprint density at radius 2 is 1.19 bits per heavy atom. The van der Waals surface area contributed by atoms with Gasteiger partial charge in [-0.2, -0.15) is 0 Å². The molecule has 8 aliphatic rings. The first-order chi connectivity index (χ1) is 36.4. The smallest absolute Gasteiger partial charge is 0.342 e. The molecule has 21 nitrogen and oxygen atoms in total. The predicted octanol–water partition coefficient (Wildman–Crippen LogP) is 3.51. The lowest BCUT2D eigenvalue weighted by Crippen LogP contribution is -2.78. The number of carbonyl (C=O) groups excluding carboxylic acids is 2. The molecule has 4 saturated heterocycles. The number of rotatable bonds is 15. The molecule has 9 rings (SSSR count). The highest BCUT2D eigenvalue weighted by molar-refractivity contribution is 5.93. The summed E-state index contributed by atoms with van der Waals surface area (Å²) < 4.78 is 80.9. The SMILES string of the molecule is CO[C@@H]1[C@H](O)[C@@H](O[C@@H]2[C@@H](C)O[C@@H](O[C@@H]3[C@@H](C)O[C@@H](O[C@@H]4[C@@H](C)O[C@@H](O[C@@H]5CC[C@@]6(C)C(=CC[C@@]7(O)[C@@H]6C[C@H](OC(=O)c6ccccc6O)[C@@]6(C)[C@@]7(O)CC[C@@]6(O)C(C)=O)C5)C[C@H]4OC)C[C@H]3OC)C[C@H]2OC)O[C@@H](C)[C@@H]1O. The van der Waals surface area contributed by atoms with Crippen molar-refractivity contribution in [2.75, 3.05) is 28.4 Å². The van der Waals surface area contributed by atoms with Crippen LogP contribution < -0.4 is 0 Å². The van der Waals surface area contributed by atoms with Crippen molar-refractivity contribution < 1.29 is 102 Å². The number of ketones is 1. The lowest BCUT2D eigenvalue weighted by molar-refractivity contribution is -0.356. The van der Waals surface area contributed by atoms with Gasteiger partial charge in [0.1, 0.15) is 70.8 Å². The van der Waals surface area contributed by atoms with Gasteiger partial charge in [-0.25, -0.2) is 4.79 Å². The molecule has 0 amide bonds. The van der Waals surface area contributed by atoms with E-state index in [1.807, 2.05) is 26.8 Å². The molecular formula is C56H84O21. The molecule has 6 N–H and O–H groups in total. The van der Waals surface area contributed by atoms with Crippen LogP contribution in [-0.4, -0.2) is 204 Å². The maximum Gasteiger partial charge on any atom is 0.342 e. The fourth-order valence-corrected chi connectivity index (χ4v) is 15.0. The van der Waals surface area contributed by atoms with Crippen LogP contribution in [0.1, 0.15) is 123 Å². The van der Waals surface area contributed by atoms with Gasteiger partial charge < -0.3 is 92.2 Å². The van der Waals surface area contributed by atoms with E-state index in [2.05, 4.69) is 6.92 Å². The van der Waals surface area contributed by atoms with Crippen LogP contribution in [0.3, 0.4) is 0 Å². The Hall–Kier alpha value is -2.78. The van der Waals surface area contributed by atoms with Crippen LogP contribution in [0.25, 0.3) is 0 Å². The maximum atomic E-state index is 13.8. The number of aliphatic hydroxyl groups is 5. The number of phenols is 1. The molecule has 0 radical (unpaired) electrons. The molecule has 0 aromatic heterocycles. The number of aromatic hydroxyl groups is 1. The van der Waals surface area contributed by atoms with Gasteiger partial charge in [-0.15, -0.1) is 0 Å². The zero-order chi connectivity index (χ0) is 55.7. The number of ether oxygens (including phenoxy) is 13. The first-order valence-corrected chi connectivity index (χ1v) is 27.5. The van der Waals surface area contributed by atoms with Gasteiger partial charge >= 0.3 is 5.97 Å². The summed E-state index contributed by atoms with van der Waals surface area (Å²) in [6, 6.07) is 5.95. The van der Waals surface area contributed by atoms with Crippen molar-refractivity contribution in [3.63, 3.8) is 0 Å². The Morgan fingerprint density at radius 1 is 0.649 bits per heavy atom. The van der Waals surface area contributed by atoms with E-state index >= 15 is 0 Å². The van der Waals surface area contributed by atoms with E-state index < -0.39 is 156 Å². The van der Waals surface area contributed by atoms with E-state index in [-0.39, 0.29) is 49.5 Å². The molecule has 4 aliphatic heterocycles. The second-order valence-corrected chi connectivity index (χ2v) is 23.5. The Bertz CT molecular complexity index is 2290. The average molecular weight is 1090 g/mol. The Labute approximate surface area is 451 Å². The second-order valence-electron chi connectivity index (χ2n) is 23.5. The van der Waals surface area contributed by atoms with Crippen LogP contribution in [0.15, 0.2) is 35.9 Å². The minimum Gasteiger partial charge on any atom is -0.507 e. The van der Waals surface area contributed by atoms with Crippen molar-refractivity contribution >= 4 is 11.8 Å². The third kappa shape index (κ3) is 10.1. The lowest BCUT2D eigenvalue weighted by atomic mass is 9.42. The Morgan fingerprint density at radius 3 is 1.73 bits per heavy atom. The first-order valence-electron chi connectivity index (χ1n) is 27.5. The topological polar surface area (TPSA) is 276 Å². The molecule has 0 bridgehead atoms. The van der Waals surface area contributed by atoms with Crippen molar-refractivity contribution in [1.29, 1.82) is 0 Å². The third-order valence-corrected chi connectivity index (χ3v) is 19.6. The molecule has 434 valence electrons. The highest BCUT2D eigenvalue weighted by Gasteiger charge is 2.81. The molecule has 21 heteroatoms. The molecule has 7 fully saturated rings. The minimum atomic E-state index is -2.11. The number of Topliss-reactive ketones (excluding diaryl/α,β-unsaturated/α-hetero) is 1. The summed E-state index contributed by atoms with van der Waals surface area (Å²) in [6.07, 6.45) is -8.69. The van der Waals surface area contributed by atoms with Gasteiger partial charge in [0.15, 0.2) is 30.9 Å². The van der Waals surface area contributed by atoms with Gasteiger partial charge in [0.25, 0.3) is 0 Å². The fourth-order valence-electron chi connectivity index (χ4n) is 15.0. The zero-order valence-electron chi connectivity index (χ0n) is 46.3. The van der Waals surface area contributed by atoms with Gasteiger partial charge in [0, 0.05) is 53.6 Å². The van der Waals surface area contributed by atoms with E-state index in [4.69, 9.17) is 61.6 Å². The molecule has 0 spiro atoms. The maximum absolute atomic E-state index is 13.8. The van der Waals surface area contributed by atoms with Crippen LogP contribution in [0.5, 0.6) is 5.75 Å². The number of fused-ring (bicyclic) bond motifs is 5. The van der Waals surface area contributed by atoms with Gasteiger partial charge in [0.05, 0.1) is 54.2 Å². The summed E-state index contributed by atoms with van der Waals surface area (Å²) in [5, 5.41) is 70.0. The molecule has 1 aromatic carbocycles. The standard InChI is InChI=1S/C56H84O21/c1-27-44(59)49(68-11)45(60)51(72-27)77-48-30(4)71-43(25-38(48)67-10)76-47-29(3)70-42(24-37(47)66-9)75-46-28(2)69-41(23-36(46)65-8)73-33-17-18-52(6)32(22-33)16-19-55(63)39(52)26-40(74-50(61)34-14-12-13-15-35(34)58)53(7)54(62,31(5)57)20-21-56(53,55)64/h12-16,27-30,33,36-49,51,58-60,62-64H,17-26H2,1-11H3/t27-,28+,29+,30+,33+,36+,37+,38+,39+,40-,41-,42-,43-,44-,45-,46+,47+,48+,49-,51+,52-,53+,54+,55+,56-/m0/s1. The molecule has 77 heavy (non-hydrogen) atoms. The second kappa shape index (κ2) is 22.5. The van der Waals surface area contributed by atoms with E-state index in [0.29, 0.717) is 32.1 Å². The largest absolute Gasteiger partial charge is 0.507 e. The van der Waals surface area contributed by atoms with E-state index in [9.17, 15) is 40.2 Å². The van der Waals surface area contributed by atoms with Crippen molar-refractivity contribution in [3.8, 4) is 5.75 Å². The zero-order valence-corrected chi connectivity index (χ0v) is 46.3. The molecule has 0 unspecified atom stereocenters. The van der Waals surface area contributed by atoms with Crippen molar-refractivity contribution in [2.45, 2.75) is 246 Å². The number of hydrogen-bond acceptors (Lipinski definition) is 21. The fraction of sp³-hybridized carbons (Fsp3) is 0.821. The Balaban J connectivity index is 0.814. The molecule has 1 aromatic rings. The van der Waals surface area contributed by atoms with Crippen molar-refractivity contribution in [1.82, 2.24) is 0 Å². The molecule has 25 atom stereocenters. The molecule has 3 saturated carbocycles. The quantitative estimate of drug-likeness (QED) is 0.108. The number of benzene rings is 1. The highest BCUT2D eigenvalue weighted by Crippen LogP contribution is 2.71. The van der Waals surface area contributed by atoms with Gasteiger partial charge in [-0.05, 0) is 104 Å². The Kier molecular flexibility index (Phi) is 17.2. The van der Waals surface area contributed by atoms with E-state index in [1.54, 1.807) is 40.4 Å². The summed E-state index contributed by atoms with van der Waals surface area (Å²) in [6.45, 7) is 12.2. The van der Waals surface area contributed by atoms with Crippen molar-refractivity contribution in [2.24, 2.45) is 16.7 Å². The van der Waals surface area contributed by atoms with Gasteiger partial charge in [0.2, 0.25) is 0 Å². The number of methoxy groups -OCH3 is 4. The molecular weight excluding hydrogens is 1010 g/mol.